The number of benzene rings is 2. The first-order chi connectivity index (χ1) is 14.0. The first-order valence-corrected chi connectivity index (χ1v) is 9.36. The van der Waals surface area contributed by atoms with E-state index >= 15 is 0 Å². The van der Waals surface area contributed by atoms with Crippen LogP contribution in [-0.4, -0.2) is 34.4 Å². The number of ether oxygens (including phenoxy) is 2. The molecule has 3 aromatic rings. The fraction of sp³-hybridized carbons (Fsp3) is 0.227. The van der Waals surface area contributed by atoms with E-state index in [-0.39, 0.29) is 0 Å². The number of carbonyl (C=O) groups excluding carboxylic acids is 2. The summed E-state index contributed by atoms with van der Waals surface area (Å²) in [5, 5.41) is 6.87. The summed E-state index contributed by atoms with van der Waals surface area (Å²) in [5.41, 5.74) is 1.99. The molecule has 29 heavy (non-hydrogen) atoms. The Morgan fingerprint density at radius 1 is 1.10 bits per heavy atom. The molecule has 1 N–H and O–H groups in total. The van der Waals surface area contributed by atoms with Gasteiger partial charge in [0.2, 0.25) is 0 Å². The third-order valence-corrected chi connectivity index (χ3v) is 4.18. The lowest BCUT2D eigenvalue weighted by molar-refractivity contribution is -0.123. The van der Waals surface area contributed by atoms with Crippen LogP contribution in [0.3, 0.4) is 0 Å². The van der Waals surface area contributed by atoms with Crippen molar-refractivity contribution in [1.29, 1.82) is 0 Å². The minimum atomic E-state index is -0.933. The quantitative estimate of drug-likeness (QED) is 0.592. The zero-order valence-electron chi connectivity index (χ0n) is 16.4. The van der Waals surface area contributed by atoms with Crippen molar-refractivity contribution in [2.45, 2.75) is 26.5 Å². The van der Waals surface area contributed by atoms with Crippen molar-refractivity contribution in [2.75, 3.05) is 11.9 Å². The minimum Gasteiger partial charge on any atom is -0.494 e. The summed E-state index contributed by atoms with van der Waals surface area (Å²) in [5.74, 6) is -0.233. The van der Waals surface area contributed by atoms with Gasteiger partial charge in [-0.25, -0.2) is 4.79 Å². The van der Waals surface area contributed by atoms with Crippen LogP contribution in [0, 0.1) is 0 Å². The van der Waals surface area contributed by atoms with Gasteiger partial charge in [-0.05, 0) is 61.9 Å². The van der Waals surface area contributed by atoms with Crippen molar-refractivity contribution in [1.82, 2.24) is 9.78 Å². The largest absolute Gasteiger partial charge is 0.494 e. The summed E-state index contributed by atoms with van der Waals surface area (Å²) < 4.78 is 12.4. The molecule has 7 heteroatoms. The first-order valence-electron chi connectivity index (χ1n) is 9.36. The molecule has 1 aromatic heterocycles. The Bertz CT molecular complexity index is 935. The van der Waals surface area contributed by atoms with Crippen molar-refractivity contribution >= 4 is 17.6 Å². The van der Waals surface area contributed by atoms with Crippen LogP contribution >= 0.6 is 0 Å². The fourth-order valence-corrected chi connectivity index (χ4v) is 2.65. The van der Waals surface area contributed by atoms with E-state index in [0.29, 0.717) is 24.4 Å². The summed E-state index contributed by atoms with van der Waals surface area (Å²) in [6.45, 7) is 4.62. The van der Waals surface area contributed by atoms with Gasteiger partial charge in [0.05, 0.1) is 18.7 Å². The predicted molar refractivity (Wildman–Crippen MR) is 109 cm³/mol. The number of nitrogens with zero attached hydrogens (tertiary/aromatic N) is 2. The number of esters is 1. The third kappa shape index (κ3) is 5.68. The second kappa shape index (κ2) is 9.54. The molecule has 1 atom stereocenters. The Labute approximate surface area is 169 Å². The van der Waals surface area contributed by atoms with Gasteiger partial charge in [-0.3, -0.25) is 9.48 Å². The van der Waals surface area contributed by atoms with Gasteiger partial charge in [-0.15, -0.1) is 0 Å². The first kappa shape index (κ1) is 20.1. The molecule has 2 aromatic carbocycles. The maximum atomic E-state index is 12.3. The number of hydrogen-bond donors (Lipinski definition) is 1. The molecule has 0 saturated carbocycles. The molecule has 0 aliphatic rings. The molecule has 7 nitrogen and oxygen atoms in total. The van der Waals surface area contributed by atoms with Crippen LogP contribution in [0.1, 0.15) is 29.8 Å². The monoisotopic (exact) mass is 393 g/mol. The number of rotatable bonds is 8. The number of hydrogen-bond acceptors (Lipinski definition) is 5. The van der Waals surface area contributed by atoms with Gasteiger partial charge in [0, 0.05) is 18.1 Å². The number of nitrogens with one attached hydrogen (secondary N) is 1. The Morgan fingerprint density at radius 2 is 1.83 bits per heavy atom. The van der Waals surface area contributed by atoms with Crippen LogP contribution in [0.4, 0.5) is 5.69 Å². The molecular formula is C22H23N3O4. The van der Waals surface area contributed by atoms with Gasteiger partial charge < -0.3 is 14.8 Å². The van der Waals surface area contributed by atoms with E-state index in [1.807, 2.05) is 31.3 Å². The van der Waals surface area contributed by atoms with E-state index in [0.717, 1.165) is 11.3 Å². The molecule has 1 amide bonds. The van der Waals surface area contributed by atoms with Gasteiger partial charge >= 0.3 is 5.97 Å². The molecule has 0 aliphatic carbocycles. The van der Waals surface area contributed by atoms with Gasteiger partial charge in [-0.1, -0.05) is 12.1 Å². The highest BCUT2D eigenvalue weighted by Gasteiger charge is 2.19. The molecule has 150 valence electrons. The Balaban J connectivity index is 1.53. The highest BCUT2D eigenvalue weighted by atomic mass is 16.5. The normalized spacial score (nSPS) is 11.5. The highest BCUT2D eigenvalue weighted by molar-refractivity contribution is 5.97. The minimum absolute atomic E-state index is 0.384. The molecule has 0 saturated heterocycles. The summed E-state index contributed by atoms with van der Waals surface area (Å²) >= 11 is 0. The van der Waals surface area contributed by atoms with Gasteiger partial charge in [0.1, 0.15) is 5.75 Å². The molecule has 0 radical (unpaired) electrons. The summed E-state index contributed by atoms with van der Waals surface area (Å²) in [4.78, 5) is 24.6. The van der Waals surface area contributed by atoms with Crippen LogP contribution in [-0.2, 0) is 16.1 Å². The van der Waals surface area contributed by atoms with Crippen LogP contribution in [0.25, 0.3) is 0 Å². The van der Waals surface area contributed by atoms with Crippen LogP contribution in [0.5, 0.6) is 5.75 Å². The summed E-state index contributed by atoms with van der Waals surface area (Å²) in [6, 6.07) is 15.9. The van der Waals surface area contributed by atoms with Crippen molar-refractivity contribution in [3.05, 3.63) is 78.1 Å². The van der Waals surface area contributed by atoms with Crippen LogP contribution in [0.2, 0.25) is 0 Å². The molecule has 0 spiro atoms. The second-order valence-corrected chi connectivity index (χ2v) is 6.39. The van der Waals surface area contributed by atoms with E-state index in [9.17, 15) is 9.59 Å². The lowest BCUT2D eigenvalue weighted by Crippen LogP contribution is -2.30. The Kier molecular flexibility index (Phi) is 6.63. The van der Waals surface area contributed by atoms with E-state index in [1.54, 1.807) is 47.3 Å². The third-order valence-electron chi connectivity index (χ3n) is 4.18. The number of carbonyl (C=O) groups is 2. The van der Waals surface area contributed by atoms with Crippen LogP contribution in [0.15, 0.2) is 67.0 Å². The predicted octanol–water partition coefficient (Wildman–Crippen LogP) is 3.51. The topological polar surface area (TPSA) is 82.5 Å². The maximum absolute atomic E-state index is 12.3. The molecule has 0 fully saturated rings. The van der Waals surface area contributed by atoms with E-state index < -0.39 is 18.0 Å². The zero-order chi connectivity index (χ0) is 20.6. The average molecular weight is 393 g/mol. The molecule has 1 heterocycles. The molecule has 0 bridgehead atoms. The highest BCUT2D eigenvalue weighted by Crippen LogP contribution is 2.16. The Hall–Kier alpha value is -3.61. The smallest absolute Gasteiger partial charge is 0.338 e. The molecule has 1 unspecified atom stereocenters. The van der Waals surface area contributed by atoms with Crippen LogP contribution < -0.4 is 10.1 Å². The fourth-order valence-electron chi connectivity index (χ4n) is 2.65. The van der Waals surface area contributed by atoms with E-state index in [1.165, 1.54) is 6.92 Å². The number of anilines is 1. The summed E-state index contributed by atoms with van der Waals surface area (Å²) in [6.07, 6.45) is 2.65. The molecular weight excluding hydrogens is 370 g/mol. The second-order valence-electron chi connectivity index (χ2n) is 6.39. The lowest BCUT2D eigenvalue weighted by atomic mass is 10.1. The molecule has 0 aliphatic heterocycles. The maximum Gasteiger partial charge on any atom is 0.338 e. The van der Waals surface area contributed by atoms with Gasteiger partial charge in [0.25, 0.3) is 5.91 Å². The van der Waals surface area contributed by atoms with E-state index in [2.05, 4.69) is 10.4 Å². The Morgan fingerprint density at radius 3 is 2.45 bits per heavy atom. The summed E-state index contributed by atoms with van der Waals surface area (Å²) in [7, 11) is 0. The van der Waals surface area contributed by atoms with Gasteiger partial charge in [0.15, 0.2) is 6.10 Å². The lowest BCUT2D eigenvalue weighted by Gasteiger charge is -2.14. The average Bonchev–Trinajstić information content (AvgIpc) is 3.23. The van der Waals surface area contributed by atoms with Gasteiger partial charge in [-0.2, -0.15) is 5.10 Å². The standard InChI is InChI=1S/C22H23N3O4/c1-3-28-20-11-9-19(10-12-20)24-21(26)16(2)29-22(27)18-7-5-17(6-8-18)15-25-14-4-13-23-25/h4-14,16H,3,15H2,1-2H3,(H,24,26). The number of aromatic nitrogens is 2. The zero-order valence-corrected chi connectivity index (χ0v) is 16.4. The van der Waals surface area contributed by atoms with Crippen molar-refractivity contribution in [2.24, 2.45) is 0 Å². The van der Waals surface area contributed by atoms with Crippen molar-refractivity contribution in [3.63, 3.8) is 0 Å². The van der Waals surface area contributed by atoms with Crippen molar-refractivity contribution < 1.29 is 19.1 Å². The van der Waals surface area contributed by atoms with Crippen molar-refractivity contribution in [3.8, 4) is 5.75 Å². The van der Waals surface area contributed by atoms with E-state index in [4.69, 9.17) is 9.47 Å². The number of amides is 1. The SMILES string of the molecule is CCOc1ccc(NC(=O)C(C)OC(=O)c2ccc(Cn3cccn3)cc2)cc1. The molecule has 3 rings (SSSR count).